The zero-order chi connectivity index (χ0) is 15.8. The van der Waals surface area contributed by atoms with E-state index in [1.807, 2.05) is 0 Å². The van der Waals surface area contributed by atoms with Crippen LogP contribution in [-0.2, 0) is 6.42 Å². The summed E-state index contributed by atoms with van der Waals surface area (Å²) in [5.74, 6) is 0. The summed E-state index contributed by atoms with van der Waals surface area (Å²) in [5.41, 5.74) is 5.46. The molecular formula is C21H29N. The minimum Gasteiger partial charge on any atom is -0.310 e. The molecule has 1 nitrogen and oxygen atoms in total. The Morgan fingerprint density at radius 1 is 0.864 bits per heavy atom. The van der Waals surface area contributed by atoms with Crippen molar-refractivity contribution < 1.29 is 0 Å². The Labute approximate surface area is 135 Å². The van der Waals surface area contributed by atoms with Crippen molar-refractivity contribution >= 4 is 0 Å². The lowest BCUT2D eigenvalue weighted by Crippen LogP contribution is -2.19. The van der Waals surface area contributed by atoms with Crippen LogP contribution >= 0.6 is 0 Å². The number of rotatable bonds is 8. The van der Waals surface area contributed by atoms with E-state index in [2.05, 4.69) is 74.6 Å². The van der Waals surface area contributed by atoms with Crippen LogP contribution in [0.15, 0.2) is 48.5 Å². The van der Waals surface area contributed by atoms with E-state index in [1.165, 1.54) is 41.5 Å². The van der Waals surface area contributed by atoms with Gasteiger partial charge in [0.25, 0.3) is 0 Å². The van der Waals surface area contributed by atoms with Gasteiger partial charge < -0.3 is 5.32 Å². The molecule has 1 N–H and O–H groups in total. The summed E-state index contributed by atoms with van der Waals surface area (Å²) in [4.78, 5) is 0. The van der Waals surface area contributed by atoms with Gasteiger partial charge in [-0.15, -0.1) is 0 Å². The Bertz CT molecular complexity index is 539. The van der Waals surface area contributed by atoms with Crippen molar-refractivity contribution in [2.75, 3.05) is 6.54 Å². The van der Waals surface area contributed by atoms with E-state index in [0.29, 0.717) is 6.04 Å². The van der Waals surface area contributed by atoms with Crippen molar-refractivity contribution in [3.05, 3.63) is 70.8 Å². The van der Waals surface area contributed by atoms with Crippen molar-refractivity contribution in [3.63, 3.8) is 0 Å². The number of nitrogens with one attached hydrogen (secondary N) is 1. The highest BCUT2D eigenvalue weighted by Crippen LogP contribution is 2.16. The molecule has 0 heterocycles. The topological polar surface area (TPSA) is 12.0 Å². The zero-order valence-electron chi connectivity index (χ0n) is 14.2. The minimum atomic E-state index is 0.435. The fraction of sp³-hybridized carbons (Fsp3) is 0.429. The van der Waals surface area contributed by atoms with Crippen molar-refractivity contribution in [1.29, 1.82) is 0 Å². The lowest BCUT2D eigenvalue weighted by Gasteiger charge is -2.14. The third-order valence-electron chi connectivity index (χ3n) is 4.24. The molecule has 1 atom stereocenters. The summed E-state index contributed by atoms with van der Waals surface area (Å²) >= 11 is 0. The Balaban J connectivity index is 1.88. The van der Waals surface area contributed by atoms with Gasteiger partial charge in [0.2, 0.25) is 0 Å². The van der Waals surface area contributed by atoms with Gasteiger partial charge in [0.05, 0.1) is 0 Å². The molecular weight excluding hydrogens is 266 g/mol. The lowest BCUT2D eigenvalue weighted by atomic mass is 10.0. The second-order valence-corrected chi connectivity index (χ2v) is 6.29. The van der Waals surface area contributed by atoms with Gasteiger partial charge in [-0.25, -0.2) is 0 Å². The number of aryl methyl sites for hydroxylation is 1. The molecule has 0 fully saturated rings. The van der Waals surface area contributed by atoms with Gasteiger partial charge in [0.1, 0.15) is 0 Å². The van der Waals surface area contributed by atoms with E-state index in [9.17, 15) is 0 Å². The van der Waals surface area contributed by atoms with Gasteiger partial charge in [-0.1, -0.05) is 73.9 Å². The highest BCUT2D eigenvalue weighted by atomic mass is 14.9. The lowest BCUT2D eigenvalue weighted by molar-refractivity contribution is 0.544. The Morgan fingerprint density at radius 2 is 1.45 bits per heavy atom. The van der Waals surface area contributed by atoms with E-state index < -0.39 is 0 Å². The Kier molecular flexibility index (Phi) is 6.67. The molecule has 0 aliphatic rings. The first-order valence-electron chi connectivity index (χ1n) is 8.57. The van der Waals surface area contributed by atoms with E-state index in [0.717, 1.165) is 13.0 Å². The first-order chi connectivity index (χ1) is 10.7. The van der Waals surface area contributed by atoms with Crippen molar-refractivity contribution in [3.8, 4) is 0 Å². The smallest absolute Gasteiger partial charge is 0.0291 e. The van der Waals surface area contributed by atoms with E-state index >= 15 is 0 Å². The third kappa shape index (κ3) is 5.31. The van der Waals surface area contributed by atoms with Gasteiger partial charge in [-0.2, -0.15) is 0 Å². The molecule has 1 heteroatoms. The van der Waals surface area contributed by atoms with Crippen LogP contribution < -0.4 is 5.32 Å². The maximum Gasteiger partial charge on any atom is 0.0291 e. The molecule has 2 rings (SSSR count). The number of hydrogen-bond donors (Lipinski definition) is 1. The monoisotopic (exact) mass is 295 g/mol. The van der Waals surface area contributed by atoms with E-state index in [-0.39, 0.29) is 0 Å². The summed E-state index contributed by atoms with van der Waals surface area (Å²) in [7, 11) is 0. The first kappa shape index (κ1) is 16.8. The predicted octanol–water partition coefficient (Wildman–Crippen LogP) is 5.43. The zero-order valence-corrected chi connectivity index (χ0v) is 14.2. The summed E-state index contributed by atoms with van der Waals surface area (Å²) < 4.78 is 0. The average Bonchev–Trinajstić information content (AvgIpc) is 2.54. The third-order valence-corrected chi connectivity index (χ3v) is 4.24. The molecule has 2 aromatic carbocycles. The summed E-state index contributed by atoms with van der Waals surface area (Å²) in [6.45, 7) is 7.74. The quantitative estimate of drug-likeness (QED) is 0.641. The average molecular weight is 295 g/mol. The van der Waals surface area contributed by atoms with Crippen LogP contribution in [0.4, 0.5) is 0 Å². The van der Waals surface area contributed by atoms with Crippen LogP contribution in [0.2, 0.25) is 0 Å². The van der Waals surface area contributed by atoms with Crippen molar-refractivity contribution in [2.45, 2.75) is 52.5 Å². The highest BCUT2D eigenvalue weighted by molar-refractivity contribution is 5.31. The molecule has 0 saturated heterocycles. The number of hydrogen-bond acceptors (Lipinski definition) is 1. The molecule has 0 aromatic heterocycles. The van der Waals surface area contributed by atoms with Crippen LogP contribution in [-0.4, -0.2) is 6.54 Å². The van der Waals surface area contributed by atoms with Gasteiger partial charge in [0.15, 0.2) is 0 Å². The van der Waals surface area contributed by atoms with Crippen LogP contribution in [0.25, 0.3) is 0 Å². The highest BCUT2D eigenvalue weighted by Gasteiger charge is 2.04. The van der Waals surface area contributed by atoms with Crippen molar-refractivity contribution in [1.82, 2.24) is 5.32 Å². The van der Waals surface area contributed by atoms with Crippen molar-refractivity contribution in [2.24, 2.45) is 0 Å². The number of benzene rings is 2. The van der Waals surface area contributed by atoms with Gasteiger partial charge in [-0.3, -0.25) is 0 Å². The largest absolute Gasteiger partial charge is 0.310 e. The molecule has 1 unspecified atom stereocenters. The van der Waals surface area contributed by atoms with Gasteiger partial charge in [-0.05, 0) is 49.9 Å². The summed E-state index contributed by atoms with van der Waals surface area (Å²) in [6, 6.07) is 18.3. The first-order valence-corrected chi connectivity index (χ1v) is 8.57. The van der Waals surface area contributed by atoms with Crippen LogP contribution in [0.3, 0.4) is 0 Å². The fourth-order valence-corrected chi connectivity index (χ4v) is 2.68. The minimum absolute atomic E-state index is 0.435. The second kappa shape index (κ2) is 8.75. The molecule has 0 bridgehead atoms. The summed E-state index contributed by atoms with van der Waals surface area (Å²) in [6.07, 6.45) is 4.88. The maximum atomic E-state index is 3.61. The van der Waals surface area contributed by atoms with Gasteiger partial charge >= 0.3 is 0 Å². The molecule has 2 aromatic rings. The fourth-order valence-electron chi connectivity index (χ4n) is 2.68. The predicted molar refractivity (Wildman–Crippen MR) is 96.4 cm³/mol. The molecule has 0 aliphatic carbocycles. The normalized spacial score (nSPS) is 12.3. The van der Waals surface area contributed by atoms with Crippen LogP contribution in [0, 0.1) is 6.92 Å². The molecule has 0 spiro atoms. The van der Waals surface area contributed by atoms with Gasteiger partial charge in [0, 0.05) is 6.04 Å². The molecule has 0 aliphatic heterocycles. The maximum absolute atomic E-state index is 3.61. The van der Waals surface area contributed by atoms with E-state index in [4.69, 9.17) is 0 Å². The Morgan fingerprint density at radius 3 is 2.05 bits per heavy atom. The molecule has 0 radical (unpaired) electrons. The van der Waals surface area contributed by atoms with E-state index in [1.54, 1.807) is 0 Å². The SMILES string of the molecule is CCCCCNC(C)c1ccc(Cc2ccc(C)cc2)cc1. The summed E-state index contributed by atoms with van der Waals surface area (Å²) in [5, 5.41) is 3.61. The molecule has 0 amide bonds. The molecule has 0 saturated carbocycles. The second-order valence-electron chi connectivity index (χ2n) is 6.29. The van der Waals surface area contributed by atoms with Crippen LogP contribution in [0.1, 0.15) is 61.4 Å². The Hall–Kier alpha value is -1.60. The molecule has 22 heavy (non-hydrogen) atoms. The number of unbranched alkanes of at least 4 members (excludes halogenated alkanes) is 2. The standard InChI is InChI=1S/C21H29N/c1-4-5-6-15-22-18(3)21-13-11-20(12-14-21)16-19-9-7-17(2)8-10-19/h7-14,18,22H,4-6,15-16H2,1-3H3. The molecule has 118 valence electrons. The van der Waals surface area contributed by atoms with Crippen LogP contribution in [0.5, 0.6) is 0 Å².